The topological polar surface area (TPSA) is 49.0 Å². The Kier molecular flexibility index (Phi) is 4.21. The van der Waals surface area contributed by atoms with Crippen LogP contribution in [-0.4, -0.2) is 21.4 Å². The Labute approximate surface area is 137 Å². The third-order valence-corrected chi connectivity index (χ3v) is 4.31. The van der Waals surface area contributed by atoms with Crippen molar-refractivity contribution in [2.45, 2.75) is 39.5 Å². The Morgan fingerprint density at radius 2 is 2.04 bits per heavy atom. The van der Waals surface area contributed by atoms with E-state index in [2.05, 4.69) is 16.0 Å². The molecule has 0 saturated carbocycles. The average Bonchev–Trinajstić information content (AvgIpc) is 2.50. The summed E-state index contributed by atoms with van der Waals surface area (Å²) in [5.41, 5.74) is 3.36. The van der Waals surface area contributed by atoms with E-state index in [1.165, 1.54) is 0 Å². The monoisotopic (exact) mass is 337 g/mol. The van der Waals surface area contributed by atoms with Crippen LogP contribution in [0.4, 0.5) is 13.2 Å². The predicted molar refractivity (Wildman–Crippen MR) is 83.6 cm³/mol. The molecule has 1 aliphatic rings. The maximum atomic E-state index is 12.7. The largest absolute Gasteiger partial charge is 0.449 e. The number of aryl methyl sites for hydroxylation is 2. The fourth-order valence-corrected chi connectivity index (χ4v) is 2.96. The zero-order chi connectivity index (χ0) is 17.5. The van der Waals surface area contributed by atoms with Crippen LogP contribution < -0.4 is 5.56 Å². The van der Waals surface area contributed by atoms with Gasteiger partial charge in [-0.05, 0) is 25.0 Å². The predicted octanol–water partition coefficient (Wildman–Crippen LogP) is 2.96. The van der Waals surface area contributed by atoms with Gasteiger partial charge in [0.25, 0.3) is 5.56 Å². The number of hydrogen-bond donors (Lipinski definition) is 1. The van der Waals surface area contributed by atoms with Gasteiger partial charge in [-0.25, -0.2) is 4.98 Å². The van der Waals surface area contributed by atoms with Gasteiger partial charge >= 0.3 is 6.18 Å². The van der Waals surface area contributed by atoms with E-state index in [1.54, 1.807) is 0 Å². The highest BCUT2D eigenvalue weighted by Gasteiger charge is 2.35. The highest BCUT2D eigenvalue weighted by atomic mass is 19.4. The highest BCUT2D eigenvalue weighted by molar-refractivity contribution is 5.31. The molecule has 0 fully saturated rings. The molecular weight excluding hydrogens is 319 g/mol. The van der Waals surface area contributed by atoms with E-state index < -0.39 is 17.6 Å². The molecule has 0 atom stereocenters. The smallest absolute Gasteiger partial charge is 0.303 e. The lowest BCUT2D eigenvalue weighted by molar-refractivity contribution is -0.145. The third kappa shape index (κ3) is 3.36. The number of fused-ring (bicyclic) bond motifs is 1. The normalized spacial score (nSPS) is 15.4. The zero-order valence-electron chi connectivity index (χ0n) is 13.5. The van der Waals surface area contributed by atoms with Crippen LogP contribution >= 0.6 is 0 Å². The molecule has 0 amide bonds. The quantitative estimate of drug-likeness (QED) is 0.917. The van der Waals surface area contributed by atoms with E-state index in [4.69, 9.17) is 0 Å². The molecule has 0 saturated heterocycles. The number of nitrogens with one attached hydrogen (secondary N) is 1. The second-order valence-corrected chi connectivity index (χ2v) is 6.23. The lowest BCUT2D eigenvalue weighted by Crippen LogP contribution is -2.36. The number of alkyl halides is 3. The lowest BCUT2D eigenvalue weighted by atomic mass is 10.0. The summed E-state index contributed by atoms with van der Waals surface area (Å²) in [7, 11) is 0. The first-order valence-electron chi connectivity index (χ1n) is 7.72. The van der Waals surface area contributed by atoms with Gasteiger partial charge in [-0.1, -0.05) is 23.8 Å². The third-order valence-electron chi connectivity index (χ3n) is 4.31. The maximum Gasteiger partial charge on any atom is 0.449 e. The van der Waals surface area contributed by atoms with Gasteiger partial charge in [-0.2, -0.15) is 13.2 Å². The summed E-state index contributed by atoms with van der Waals surface area (Å²) in [6.07, 6.45) is -4.29. The molecule has 2 aromatic rings. The average molecular weight is 337 g/mol. The van der Waals surface area contributed by atoms with Crippen molar-refractivity contribution >= 4 is 0 Å². The SMILES string of the molecule is Cc1ccc(C)c(CN2CCc3nc(C(F)(F)F)[nH]c(=O)c3C2)c1. The number of aromatic amines is 1. The molecule has 1 N–H and O–H groups in total. The first kappa shape index (κ1) is 16.7. The van der Waals surface area contributed by atoms with E-state index in [-0.39, 0.29) is 5.69 Å². The molecule has 3 rings (SSSR count). The van der Waals surface area contributed by atoms with Gasteiger partial charge in [0.1, 0.15) is 0 Å². The van der Waals surface area contributed by atoms with Crippen LogP contribution in [0.3, 0.4) is 0 Å². The van der Waals surface area contributed by atoms with Crippen LogP contribution in [0.25, 0.3) is 0 Å². The molecule has 0 unspecified atom stereocenters. The van der Waals surface area contributed by atoms with Crippen LogP contribution in [0.5, 0.6) is 0 Å². The molecule has 0 aliphatic carbocycles. The van der Waals surface area contributed by atoms with Crippen molar-refractivity contribution in [3.63, 3.8) is 0 Å². The van der Waals surface area contributed by atoms with Crippen LogP contribution in [0, 0.1) is 13.8 Å². The molecule has 1 aromatic carbocycles. The Morgan fingerprint density at radius 3 is 2.75 bits per heavy atom. The van der Waals surface area contributed by atoms with Crippen molar-refractivity contribution in [3.05, 3.63) is 62.3 Å². The van der Waals surface area contributed by atoms with Crippen molar-refractivity contribution < 1.29 is 13.2 Å². The van der Waals surface area contributed by atoms with Crippen molar-refractivity contribution in [3.8, 4) is 0 Å². The van der Waals surface area contributed by atoms with E-state index in [1.807, 2.05) is 31.0 Å². The van der Waals surface area contributed by atoms with Crippen molar-refractivity contribution in [1.29, 1.82) is 0 Å². The molecule has 0 spiro atoms. The number of H-pyrrole nitrogens is 1. The highest BCUT2D eigenvalue weighted by Crippen LogP contribution is 2.27. The number of rotatable bonds is 2. The number of nitrogens with zero attached hydrogens (tertiary/aromatic N) is 2. The molecule has 7 heteroatoms. The Bertz CT molecular complexity index is 827. The van der Waals surface area contributed by atoms with Crippen LogP contribution in [0.1, 0.15) is 33.8 Å². The van der Waals surface area contributed by atoms with Gasteiger partial charge in [0.05, 0.1) is 11.3 Å². The first-order valence-corrected chi connectivity index (χ1v) is 7.72. The van der Waals surface area contributed by atoms with E-state index in [0.717, 1.165) is 16.7 Å². The van der Waals surface area contributed by atoms with E-state index in [0.29, 0.717) is 31.6 Å². The number of benzene rings is 1. The van der Waals surface area contributed by atoms with Gasteiger partial charge in [0.15, 0.2) is 0 Å². The Balaban J connectivity index is 1.85. The molecule has 0 bridgehead atoms. The number of aromatic nitrogens is 2. The van der Waals surface area contributed by atoms with Crippen LogP contribution in [-0.2, 0) is 25.7 Å². The van der Waals surface area contributed by atoms with Crippen molar-refractivity contribution in [1.82, 2.24) is 14.9 Å². The summed E-state index contributed by atoms with van der Waals surface area (Å²) in [4.78, 5) is 19.6. The second kappa shape index (κ2) is 6.05. The summed E-state index contributed by atoms with van der Waals surface area (Å²) in [6, 6.07) is 6.18. The molecular formula is C17H18F3N3O. The van der Waals surface area contributed by atoms with Gasteiger partial charge in [0.2, 0.25) is 5.82 Å². The molecule has 0 radical (unpaired) electrons. The Morgan fingerprint density at radius 1 is 1.29 bits per heavy atom. The molecule has 2 heterocycles. The molecule has 1 aliphatic heterocycles. The second-order valence-electron chi connectivity index (χ2n) is 6.23. The summed E-state index contributed by atoms with van der Waals surface area (Å²) < 4.78 is 38.2. The summed E-state index contributed by atoms with van der Waals surface area (Å²) in [6.45, 7) is 5.59. The molecule has 128 valence electrons. The summed E-state index contributed by atoms with van der Waals surface area (Å²) >= 11 is 0. The van der Waals surface area contributed by atoms with Crippen molar-refractivity contribution in [2.24, 2.45) is 0 Å². The number of hydrogen-bond acceptors (Lipinski definition) is 3. The van der Waals surface area contributed by atoms with E-state index in [9.17, 15) is 18.0 Å². The number of halogens is 3. The van der Waals surface area contributed by atoms with Gasteiger partial charge < -0.3 is 4.98 Å². The van der Waals surface area contributed by atoms with E-state index >= 15 is 0 Å². The minimum Gasteiger partial charge on any atom is -0.303 e. The fraction of sp³-hybridized carbons (Fsp3) is 0.412. The van der Waals surface area contributed by atoms with Gasteiger partial charge in [0, 0.05) is 26.1 Å². The van der Waals surface area contributed by atoms with Crippen molar-refractivity contribution in [2.75, 3.05) is 6.54 Å². The van der Waals surface area contributed by atoms with Gasteiger partial charge in [-0.3, -0.25) is 9.69 Å². The lowest BCUT2D eigenvalue weighted by Gasteiger charge is -2.28. The summed E-state index contributed by atoms with van der Waals surface area (Å²) in [5.74, 6) is -1.21. The zero-order valence-corrected chi connectivity index (χ0v) is 13.5. The minimum atomic E-state index is -4.63. The minimum absolute atomic E-state index is 0.253. The molecule has 24 heavy (non-hydrogen) atoms. The maximum absolute atomic E-state index is 12.7. The van der Waals surface area contributed by atoms with Crippen LogP contribution in [0.2, 0.25) is 0 Å². The Hall–Kier alpha value is -2.15. The van der Waals surface area contributed by atoms with Crippen LogP contribution in [0.15, 0.2) is 23.0 Å². The standard InChI is InChI=1S/C17H18F3N3O/c1-10-3-4-11(2)12(7-10)8-23-6-5-14-13(9-23)15(24)22-16(21-14)17(18,19)20/h3-4,7H,5-6,8-9H2,1-2H3,(H,21,22,24). The first-order chi connectivity index (χ1) is 11.2. The molecule has 4 nitrogen and oxygen atoms in total. The van der Waals surface area contributed by atoms with Gasteiger partial charge in [-0.15, -0.1) is 0 Å². The molecule has 1 aromatic heterocycles. The fourth-order valence-electron chi connectivity index (χ4n) is 2.96. The summed E-state index contributed by atoms with van der Waals surface area (Å²) in [5, 5.41) is 0.